The Balaban J connectivity index is 1.30. The average Bonchev–Trinajstić information content (AvgIpc) is 2.88. The van der Waals surface area contributed by atoms with Crippen molar-refractivity contribution >= 4 is 17.6 Å². The van der Waals surface area contributed by atoms with Crippen LogP contribution in [0.3, 0.4) is 0 Å². The molecule has 0 aliphatic carbocycles. The van der Waals surface area contributed by atoms with Crippen LogP contribution < -0.4 is 10.6 Å². The number of aromatic nitrogens is 2. The number of piperidine rings is 1. The molecule has 0 radical (unpaired) electrons. The van der Waals surface area contributed by atoms with Crippen LogP contribution in [0.4, 0.5) is 5.82 Å². The van der Waals surface area contributed by atoms with E-state index in [1.165, 1.54) is 38.7 Å². The monoisotopic (exact) mass is 457 g/mol. The van der Waals surface area contributed by atoms with Crippen molar-refractivity contribution in [3.8, 4) is 0 Å². The van der Waals surface area contributed by atoms with Crippen molar-refractivity contribution in [3.05, 3.63) is 89.4 Å². The second-order valence-electron chi connectivity index (χ2n) is 8.64. The van der Waals surface area contributed by atoms with E-state index in [0.717, 1.165) is 24.1 Å². The Hall–Kier alpha value is -3.58. The van der Waals surface area contributed by atoms with E-state index in [1.54, 1.807) is 18.3 Å². The fourth-order valence-electron chi connectivity index (χ4n) is 4.22. The lowest BCUT2D eigenvalue weighted by molar-refractivity contribution is 0.0950. The first-order valence-corrected chi connectivity index (χ1v) is 11.9. The zero-order valence-electron chi connectivity index (χ0n) is 19.4. The molecule has 3 aromatic rings. The molecule has 2 heterocycles. The fourth-order valence-corrected chi connectivity index (χ4v) is 4.22. The van der Waals surface area contributed by atoms with Gasteiger partial charge in [-0.15, -0.1) is 0 Å². The molecule has 1 aliphatic rings. The van der Waals surface area contributed by atoms with Crippen molar-refractivity contribution in [2.24, 2.45) is 0 Å². The van der Waals surface area contributed by atoms with Crippen LogP contribution in [0.5, 0.6) is 0 Å². The first-order chi connectivity index (χ1) is 16.7. The summed E-state index contributed by atoms with van der Waals surface area (Å²) in [6.45, 7) is 4.09. The minimum absolute atomic E-state index is 0.0431. The highest BCUT2D eigenvalue weighted by Crippen LogP contribution is 2.15. The molecule has 2 aromatic carbocycles. The number of amides is 2. The zero-order valence-corrected chi connectivity index (χ0v) is 19.4. The summed E-state index contributed by atoms with van der Waals surface area (Å²) in [5.41, 5.74) is 3.23. The Kier molecular flexibility index (Phi) is 8.35. The van der Waals surface area contributed by atoms with Crippen LogP contribution in [-0.4, -0.2) is 52.9 Å². The van der Waals surface area contributed by atoms with Crippen molar-refractivity contribution in [2.45, 2.75) is 32.1 Å². The smallest absolute Gasteiger partial charge is 0.256 e. The van der Waals surface area contributed by atoms with Crippen LogP contribution in [0.25, 0.3) is 0 Å². The van der Waals surface area contributed by atoms with E-state index in [2.05, 4.69) is 25.5 Å². The summed E-state index contributed by atoms with van der Waals surface area (Å²) in [7, 11) is 0. The molecule has 0 spiro atoms. The van der Waals surface area contributed by atoms with E-state index in [9.17, 15) is 9.59 Å². The lowest BCUT2D eigenvalue weighted by atomic mass is 10.0. The van der Waals surface area contributed by atoms with E-state index >= 15 is 0 Å². The summed E-state index contributed by atoms with van der Waals surface area (Å²) in [5.74, 6) is 0.191. The summed E-state index contributed by atoms with van der Waals surface area (Å²) in [6, 6.07) is 16.8. The molecule has 1 fully saturated rings. The SMILES string of the molecule is O=C(NCCCN1CCCCC1)c1cccc(Cc2cccc(C(=O)Nc3ccncn3)c2)c1. The van der Waals surface area contributed by atoms with Crippen molar-refractivity contribution in [1.29, 1.82) is 0 Å². The molecular formula is C27H31N5O2. The predicted molar refractivity (Wildman–Crippen MR) is 133 cm³/mol. The molecule has 34 heavy (non-hydrogen) atoms. The van der Waals surface area contributed by atoms with Gasteiger partial charge < -0.3 is 15.5 Å². The van der Waals surface area contributed by atoms with Gasteiger partial charge in [0.05, 0.1) is 0 Å². The van der Waals surface area contributed by atoms with Gasteiger partial charge in [0.25, 0.3) is 11.8 Å². The number of nitrogens with zero attached hydrogens (tertiary/aromatic N) is 3. The summed E-state index contributed by atoms with van der Waals surface area (Å²) < 4.78 is 0. The van der Waals surface area contributed by atoms with E-state index in [1.807, 2.05) is 42.5 Å². The van der Waals surface area contributed by atoms with Gasteiger partial charge >= 0.3 is 0 Å². The quantitative estimate of drug-likeness (QED) is 0.476. The second-order valence-corrected chi connectivity index (χ2v) is 8.64. The maximum absolute atomic E-state index is 12.6. The van der Waals surface area contributed by atoms with Gasteiger partial charge in [-0.1, -0.05) is 30.7 Å². The van der Waals surface area contributed by atoms with Gasteiger partial charge in [-0.25, -0.2) is 9.97 Å². The van der Waals surface area contributed by atoms with Gasteiger partial charge in [-0.05, 0) is 86.8 Å². The lowest BCUT2D eigenvalue weighted by Crippen LogP contribution is -2.33. The second kappa shape index (κ2) is 12.0. The lowest BCUT2D eigenvalue weighted by Gasteiger charge is -2.26. The Bertz CT molecular complexity index is 1100. The van der Waals surface area contributed by atoms with Gasteiger partial charge in [0, 0.05) is 23.9 Å². The number of carbonyl (C=O) groups is 2. The minimum atomic E-state index is -0.224. The number of nitrogens with one attached hydrogen (secondary N) is 2. The summed E-state index contributed by atoms with van der Waals surface area (Å²) in [4.78, 5) is 35.6. The Labute approximate surface area is 200 Å². The van der Waals surface area contributed by atoms with E-state index in [0.29, 0.717) is 29.9 Å². The molecule has 2 amide bonds. The highest BCUT2D eigenvalue weighted by Gasteiger charge is 2.11. The van der Waals surface area contributed by atoms with Gasteiger partial charge in [0.1, 0.15) is 12.1 Å². The molecular weight excluding hydrogens is 426 g/mol. The van der Waals surface area contributed by atoms with Gasteiger partial charge in [-0.2, -0.15) is 0 Å². The predicted octanol–water partition coefficient (Wildman–Crippen LogP) is 3.93. The molecule has 7 heteroatoms. The van der Waals surface area contributed by atoms with Crippen molar-refractivity contribution < 1.29 is 9.59 Å². The highest BCUT2D eigenvalue weighted by atomic mass is 16.2. The molecule has 0 unspecified atom stereocenters. The topological polar surface area (TPSA) is 87.2 Å². The van der Waals surface area contributed by atoms with Gasteiger partial charge in [-0.3, -0.25) is 9.59 Å². The summed E-state index contributed by atoms with van der Waals surface area (Å²) in [6.07, 6.45) is 8.48. The fraction of sp³-hybridized carbons (Fsp3) is 0.333. The highest BCUT2D eigenvalue weighted by molar-refractivity contribution is 6.03. The molecule has 4 rings (SSSR count). The number of likely N-dealkylation sites (tertiary alicyclic amines) is 1. The Morgan fingerprint density at radius 1 is 0.882 bits per heavy atom. The van der Waals surface area contributed by atoms with Crippen molar-refractivity contribution in [2.75, 3.05) is 31.5 Å². The third-order valence-corrected chi connectivity index (χ3v) is 6.00. The van der Waals surface area contributed by atoms with Crippen LogP contribution in [0.15, 0.2) is 67.1 Å². The van der Waals surface area contributed by atoms with Crippen LogP contribution in [0, 0.1) is 0 Å². The Morgan fingerprint density at radius 2 is 1.59 bits per heavy atom. The molecule has 176 valence electrons. The van der Waals surface area contributed by atoms with Crippen molar-refractivity contribution in [3.63, 3.8) is 0 Å². The molecule has 2 N–H and O–H groups in total. The van der Waals surface area contributed by atoms with Crippen LogP contribution >= 0.6 is 0 Å². The van der Waals surface area contributed by atoms with Crippen LogP contribution in [0.1, 0.15) is 57.5 Å². The third kappa shape index (κ3) is 6.96. The maximum Gasteiger partial charge on any atom is 0.256 e. The van der Waals surface area contributed by atoms with Crippen molar-refractivity contribution in [1.82, 2.24) is 20.2 Å². The molecule has 1 aromatic heterocycles. The standard InChI is InChI=1S/C27H31N5O2/c33-26(29-12-6-16-32-14-2-1-3-15-32)23-9-4-7-21(18-23)17-22-8-5-10-24(19-22)27(34)31-25-11-13-28-20-30-25/h4-5,7-11,13,18-20H,1-3,6,12,14-17H2,(H,29,33)(H,28,30,31,34). The number of benzene rings is 2. The van der Waals surface area contributed by atoms with Crippen LogP contribution in [0.2, 0.25) is 0 Å². The largest absolute Gasteiger partial charge is 0.352 e. The molecule has 1 saturated heterocycles. The zero-order chi connectivity index (χ0) is 23.6. The Morgan fingerprint density at radius 3 is 2.26 bits per heavy atom. The average molecular weight is 458 g/mol. The number of hydrogen-bond acceptors (Lipinski definition) is 5. The van der Waals surface area contributed by atoms with E-state index in [4.69, 9.17) is 0 Å². The van der Waals surface area contributed by atoms with E-state index in [-0.39, 0.29) is 11.8 Å². The normalized spacial score (nSPS) is 13.9. The third-order valence-electron chi connectivity index (χ3n) is 6.00. The summed E-state index contributed by atoms with van der Waals surface area (Å²) >= 11 is 0. The number of hydrogen-bond donors (Lipinski definition) is 2. The van der Waals surface area contributed by atoms with Gasteiger partial charge in [0.15, 0.2) is 0 Å². The molecule has 0 bridgehead atoms. The number of anilines is 1. The maximum atomic E-state index is 12.6. The number of carbonyl (C=O) groups excluding carboxylic acids is 2. The van der Waals surface area contributed by atoms with E-state index < -0.39 is 0 Å². The molecule has 0 atom stereocenters. The first kappa shape index (κ1) is 23.6. The molecule has 1 aliphatic heterocycles. The molecule has 0 saturated carbocycles. The van der Waals surface area contributed by atoms with Crippen LogP contribution in [-0.2, 0) is 6.42 Å². The minimum Gasteiger partial charge on any atom is -0.352 e. The summed E-state index contributed by atoms with van der Waals surface area (Å²) in [5, 5.41) is 5.82. The molecule has 7 nitrogen and oxygen atoms in total. The number of rotatable bonds is 9. The first-order valence-electron chi connectivity index (χ1n) is 11.9. The van der Waals surface area contributed by atoms with Gasteiger partial charge in [0.2, 0.25) is 0 Å².